The molecule has 1 aliphatic heterocycles. The number of piperidine rings is 1. The minimum atomic E-state index is -2.56. The van der Waals surface area contributed by atoms with E-state index in [9.17, 15) is 8.78 Å². The maximum atomic E-state index is 12.5. The standard InChI is InChI=1S/C10H14F2N2O/c1-6-8(9(11)12)15-10(14-6)7-2-4-13-5-3-7/h7,9,13H,2-5H2,1H3. The van der Waals surface area contributed by atoms with Gasteiger partial charge < -0.3 is 9.73 Å². The zero-order chi connectivity index (χ0) is 10.8. The molecule has 0 atom stereocenters. The topological polar surface area (TPSA) is 38.1 Å². The lowest BCUT2D eigenvalue weighted by Gasteiger charge is -2.19. The van der Waals surface area contributed by atoms with E-state index < -0.39 is 6.43 Å². The lowest BCUT2D eigenvalue weighted by atomic mass is 9.98. The van der Waals surface area contributed by atoms with Gasteiger partial charge in [-0.15, -0.1) is 0 Å². The van der Waals surface area contributed by atoms with E-state index in [0.717, 1.165) is 25.9 Å². The molecule has 0 saturated carbocycles. The van der Waals surface area contributed by atoms with Crippen LogP contribution in [0.4, 0.5) is 8.78 Å². The largest absolute Gasteiger partial charge is 0.439 e. The number of hydrogen-bond acceptors (Lipinski definition) is 3. The first-order valence-corrected chi connectivity index (χ1v) is 5.14. The van der Waals surface area contributed by atoms with E-state index in [0.29, 0.717) is 11.6 Å². The maximum absolute atomic E-state index is 12.5. The van der Waals surface area contributed by atoms with Gasteiger partial charge >= 0.3 is 0 Å². The van der Waals surface area contributed by atoms with Gasteiger partial charge in [-0.25, -0.2) is 13.8 Å². The highest BCUT2D eigenvalue weighted by atomic mass is 19.3. The van der Waals surface area contributed by atoms with Gasteiger partial charge in [-0.2, -0.15) is 0 Å². The minimum absolute atomic E-state index is 0.192. The monoisotopic (exact) mass is 216 g/mol. The second-order valence-electron chi connectivity index (χ2n) is 3.83. The van der Waals surface area contributed by atoms with Crippen molar-refractivity contribution in [2.24, 2.45) is 0 Å². The smallest absolute Gasteiger partial charge is 0.297 e. The van der Waals surface area contributed by atoms with E-state index in [1.165, 1.54) is 0 Å². The first-order chi connectivity index (χ1) is 7.18. The zero-order valence-corrected chi connectivity index (χ0v) is 8.59. The Hall–Kier alpha value is -0.970. The van der Waals surface area contributed by atoms with Crippen LogP contribution in [0.2, 0.25) is 0 Å². The van der Waals surface area contributed by atoms with Crippen molar-refractivity contribution in [3.8, 4) is 0 Å². The molecule has 1 N–H and O–H groups in total. The Morgan fingerprint density at radius 2 is 2.07 bits per heavy atom. The van der Waals surface area contributed by atoms with Gasteiger partial charge in [0, 0.05) is 5.92 Å². The van der Waals surface area contributed by atoms with Crippen LogP contribution in [0.3, 0.4) is 0 Å². The number of oxazole rings is 1. The molecule has 15 heavy (non-hydrogen) atoms. The lowest BCUT2D eigenvalue weighted by Crippen LogP contribution is -2.26. The summed E-state index contributed by atoms with van der Waals surface area (Å²) >= 11 is 0. The molecule has 84 valence electrons. The van der Waals surface area contributed by atoms with Gasteiger partial charge in [0.25, 0.3) is 6.43 Å². The van der Waals surface area contributed by atoms with Crippen molar-refractivity contribution >= 4 is 0 Å². The molecule has 0 unspecified atom stereocenters. The van der Waals surface area contributed by atoms with Gasteiger partial charge in [0.1, 0.15) is 0 Å². The molecular weight excluding hydrogens is 202 g/mol. The molecule has 0 amide bonds. The summed E-state index contributed by atoms with van der Waals surface area (Å²) in [6.45, 7) is 3.36. The normalized spacial score (nSPS) is 18.7. The van der Waals surface area contributed by atoms with Crippen molar-refractivity contribution in [1.82, 2.24) is 10.3 Å². The fourth-order valence-electron chi connectivity index (χ4n) is 1.88. The number of rotatable bonds is 2. The number of nitrogens with one attached hydrogen (secondary N) is 1. The zero-order valence-electron chi connectivity index (χ0n) is 8.59. The van der Waals surface area contributed by atoms with Crippen molar-refractivity contribution in [1.29, 1.82) is 0 Å². The van der Waals surface area contributed by atoms with Gasteiger partial charge in [-0.05, 0) is 32.9 Å². The lowest BCUT2D eigenvalue weighted by molar-refractivity contribution is 0.117. The van der Waals surface area contributed by atoms with E-state index in [1.807, 2.05) is 0 Å². The molecule has 0 radical (unpaired) electrons. The molecule has 3 nitrogen and oxygen atoms in total. The summed E-state index contributed by atoms with van der Waals surface area (Å²) in [5.41, 5.74) is 0.318. The number of nitrogens with zero attached hydrogens (tertiary/aromatic N) is 1. The molecule has 0 bridgehead atoms. The fourth-order valence-corrected chi connectivity index (χ4v) is 1.88. The van der Waals surface area contributed by atoms with E-state index >= 15 is 0 Å². The van der Waals surface area contributed by atoms with Crippen LogP contribution in [0.25, 0.3) is 0 Å². The highest BCUT2D eigenvalue weighted by molar-refractivity contribution is 5.11. The summed E-state index contributed by atoms with van der Waals surface area (Å²) in [4.78, 5) is 4.08. The average molecular weight is 216 g/mol. The Kier molecular flexibility index (Phi) is 3.00. The van der Waals surface area contributed by atoms with Crippen molar-refractivity contribution in [2.45, 2.75) is 32.1 Å². The molecule has 1 saturated heterocycles. The van der Waals surface area contributed by atoms with Crippen molar-refractivity contribution < 1.29 is 13.2 Å². The summed E-state index contributed by atoms with van der Waals surface area (Å²) in [5.74, 6) is 0.394. The molecule has 2 rings (SSSR count). The third kappa shape index (κ3) is 2.17. The average Bonchev–Trinajstić information content (AvgIpc) is 2.62. The van der Waals surface area contributed by atoms with Crippen molar-refractivity contribution in [2.75, 3.05) is 13.1 Å². The number of aryl methyl sites for hydroxylation is 1. The minimum Gasteiger partial charge on any atom is -0.439 e. The molecule has 0 spiro atoms. The summed E-state index contributed by atoms with van der Waals surface area (Å²) in [6, 6.07) is 0. The van der Waals surface area contributed by atoms with Crippen LogP contribution in [-0.2, 0) is 0 Å². The second-order valence-corrected chi connectivity index (χ2v) is 3.83. The van der Waals surface area contributed by atoms with Crippen LogP contribution in [0.1, 0.15) is 42.5 Å². The first kappa shape index (κ1) is 10.5. The van der Waals surface area contributed by atoms with E-state index in [1.54, 1.807) is 6.92 Å². The number of aromatic nitrogens is 1. The van der Waals surface area contributed by atoms with Crippen LogP contribution in [0.5, 0.6) is 0 Å². The Bertz CT molecular complexity index is 332. The molecular formula is C10H14F2N2O. The number of halogens is 2. The predicted octanol–water partition coefficient (Wildman–Crippen LogP) is 2.39. The van der Waals surface area contributed by atoms with E-state index in [4.69, 9.17) is 4.42 Å². The van der Waals surface area contributed by atoms with Crippen LogP contribution < -0.4 is 5.32 Å². The van der Waals surface area contributed by atoms with E-state index in [-0.39, 0.29) is 11.7 Å². The van der Waals surface area contributed by atoms with Crippen molar-refractivity contribution in [3.63, 3.8) is 0 Å². The van der Waals surface area contributed by atoms with Crippen LogP contribution >= 0.6 is 0 Å². The van der Waals surface area contributed by atoms with Gasteiger partial charge in [0.2, 0.25) is 0 Å². The van der Waals surface area contributed by atoms with Gasteiger partial charge in [0.15, 0.2) is 11.7 Å². The van der Waals surface area contributed by atoms with Gasteiger partial charge in [-0.3, -0.25) is 0 Å². The molecule has 2 heterocycles. The van der Waals surface area contributed by atoms with Crippen LogP contribution in [0.15, 0.2) is 4.42 Å². The summed E-state index contributed by atoms with van der Waals surface area (Å²) < 4.78 is 30.1. The molecule has 1 aromatic heterocycles. The SMILES string of the molecule is Cc1nc(C2CCNCC2)oc1C(F)F. The summed E-state index contributed by atoms with van der Waals surface area (Å²) in [7, 11) is 0. The Morgan fingerprint density at radius 1 is 1.40 bits per heavy atom. The first-order valence-electron chi connectivity index (χ1n) is 5.14. The van der Waals surface area contributed by atoms with Gasteiger partial charge in [-0.1, -0.05) is 0 Å². The Labute approximate surface area is 86.9 Å². The molecule has 0 aromatic carbocycles. The Morgan fingerprint density at radius 3 is 2.60 bits per heavy atom. The predicted molar refractivity (Wildman–Crippen MR) is 51.0 cm³/mol. The van der Waals surface area contributed by atoms with E-state index in [2.05, 4.69) is 10.3 Å². The van der Waals surface area contributed by atoms with Crippen LogP contribution in [-0.4, -0.2) is 18.1 Å². The maximum Gasteiger partial charge on any atom is 0.297 e. The molecule has 1 fully saturated rings. The molecule has 0 aliphatic carbocycles. The van der Waals surface area contributed by atoms with Crippen LogP contribution in [0, 0.1) is 6.92 Å². The number of hydrogen-bond donors (Lipinski definition) is 1. The third-order valence-electron chi connectivity index (χ3n) is 2.74. The highest BCUT2D eigenvalue weighted by Gasteiger charge is 2.24. The highest BCUT2D eigenvalue weighted by Crippen LogP contribution is 2.30. The summed E-state index contributed by atoms with van der Waals surface area (Å²) in [6.07, 6.45) is -0.751. The molecule has 1 aliphatic rings. The second kappa shape index (κ2) is 4.26. The van der Waals surface area contributed by atoms with Crippen molar-refractivity contribution in [3.05, 3.63) is 17.3 Å². The summed E-state index contributed by atoms with van der Waals surface area (Å²) in [5, 5.41) is 3.21. The number of alkyl halides is 2. The fraction of sp³-hybridized carbons (Fsp3) is 0.700. The Balaban J connectivity index is 2.17. The molecule has 5 heteroatoms. The third-order valence-corrected chi connectivity index (χ3v) is 2.74. The molecule has 1 aromatic rings. The quantitative estimate of drug-likeness (QED) is 0.824. The van der Waals surface area contributed by atoms with Gasteiger partial charge in [0.05, 0.1) is 5.69 Å².